The lowest BCUT2D eigenvalue weighted by atomic mass is 10.00. The molecule has 0 saturated carbocycles. The predicted octanol–water partition coefficient (Wildman–Crippen LogP) is 2.81. The van der Waals surface area contributed by atoms with Gasteiger partial charge in [0.2, 0.25) is 0 Å². The van der Waals surface area contributed by atoms with Crippen molar-refractivity contribution in [2.75, 3.05) is 13.7 Å². The molecule has 1 aromatic carbocycles. The molecule has 1 unspecified atom stereocenters. The van der Waals surface area contributed by atoms with E-state index in [1.165, 1.54) is 5.57 Å². The highest BCUT2D eigenvalue weighted by Gasteiger charge is 2.17. The fraction of sp³-hybridized carbons (Fsp3) is 0.385. The highest BCUT2D eigenvalue weighted by atomic mass is 16.5. The lowest BCUT2D eigenvalue weighted by Crippen LogP contribution is -2.10. The van der Waals surface area contributed by atoms with Crippen LogP contribution >= 0.6 is 0 Å². The van der Waals surface area contributed by atoms with Crippen LogP contribution in [0, 0.1) is 0 Å². The van der Waals surface area contributed by atoms with Crippen molar-refractivity contribution in [1.82, 2.24) is 0 Å². The van der Waals surface area contributed by atoms with Crippen molar-refractivity contribution in [1.29, 1.82) is 0 Å². The van der Waals surface area contributed by atoms with E-state index < -0.39 is 0 Å². The van der Waals surface area contributed by atoms with E-state index in [1.807, 2.05) is 12.1 Å². The van der Waals surface area contributed by atoms with Crippen LogP contribution in [0.3, 0.4) is 0 Å². The van der Waals surface area contributed by atoms with Gasteiger partial charge in [0.1, 0.15) is 0 Å². The molecule has 0 amide bonds. The summed E-state index contributed by atoms with van der Waals surface area (Å²) < 4.78 is 10.7. The number of ether oxygens (including phenoxy) is 2. The van der Waals surface area contributed by atoms with Gasteiger partial charge in [-0.1, -0.05) is 17.7 Å². The Hall–Kier alpha value is -1.48. The van der Waals surface area contributed by atoms with Crippen LogP contribution in [0.5, 0.6) is 11.5 Å². The molecule has 0 bridgehead atoms. The minimum atomic E-state index is 0.0690. The van der Waals surface area contributed by atoms with Crippen LogP contribution in [-0.4, -0.2) is 18.8 Å². The van der Waals surface area contributed by atoms with E-state index in [0.29, 0.717) is 12.4 Å². The minimum Gasteiger partial charge on any atom is -0.504 e. The number of aromatic hydroxyl groups is 1. The van der Waals surface area contributed by atoms with E-state index in [1.54, 1.807) is 13.2 Å². The molecule has 0 aromatic heterocycles. The van der Waals surface area contributed by atoms with Gasteiger partial charge in [-0.2, -0.15) is 0 Å². The van der Waals surface area contributed by atoms with Crippen LogP contribution in [0.2, 0.25) is 0 Å². The SMILES string of the molecule is COc1cc(C2CC(C)=CCO2)ccc1O. The molecule has 16 heavy (non-hydrogen) atoms. The molecule has 0 saturated heterocycles. The second-order valence-corrected chi connectivity index (χ2v) is 4.01. The van der Waals surface area contributed by atoms with Crippen molar-refractivity contribution in [2.24, 2.45) is 0 Å². The van der Waals surface area contributed by atoms with E-state index >= 15 is 0 Å². The summed E-state index contributed by atoms with van der Waals surface area (Å²) in [5, 5.41) is 9.51. The van der Waals surface area contributed by atoms with Crippen LogP contribution in [0.25, 0.3) is 0 Å². The summed E-state index contributed by atoms with van der Waals surface area (Å²) in [7, 11) is 1.55. The zero-order valence-electron chi connectivity index (χ0n) is 9.56. The number of rotatable bonds is 2. The van der Waals surface area contributed by atoms with Gasteiger partial charge >= 0.3 is 0 Å². The lowest BCUT2D eigenvalue weighted by molar-refractivity contribution is 0.0639. The maximum absolute atomic E-state index is 9.51. The molecule has 1 atom stereocenters. The summed E-state index contributed by atoms with van der Waals surface area (Å²) in [6.45, 7) is 2.76. The number of phenols is 1. The first kappa shape index (κ1) is 11.0. The molecule has 1 N–H and O–H groups in total. The van der Waals surface area contributed by atoms with Gasteiger partial charge in [-0.15, -0.1) is 0 Å². The maximum Gasteiger partial charge on any atom is 0.160 e. The molecule has 3 heteroatoms. The zero-order chi connectivity index (χ0) is 11.5. The highest BCUT2D eigenvalue weighted by molar-refractivity contribution is 5.42. The maximum atomic E-state index is 9.51. The zero-order valence-corrected chi connectivity index (χ0v) is 9.56. The number of hydrogen-bond donors (Lipinski definition) is 1. The average molecular weight is 220 g/mol. The molecule has 0 fully saturated rings. The molecular formula is C13H16O3. The number of phenolic OH excluding ortho intramolecular Hbond substituents is 1. The first-order valence-corrected chi connectivity index (χ1v) is 5.35. The molecule has 0 radical (unpaired) electrons. The summed E-state index contributed by atoms with van der Waals surface area (Å²) >= 11 is 0. The van der Waals surface area contributed by atoms with Gasteiger partial charge < -0.3 is 14.6 Å². The van der Waals surface area contributed by atoms with Crippen molar-refractivity contribution in [3.05, 3.63) is 35.4 Å². The molecule has 1 aliphatic rings. The fourth-order valence-corrected chi connectivity index (χ4v) is 1.85. The standard InChI is InChI=1S/C13H16O3/c1-9-5-6-16-12(7-9)10-3-4-11(14)13(8-10)15-2/h3-5,8,12,14H,6-7H2,1-2H3. The van der Waals surface area contributed by atoms with Crippen LogP contribution in [0.1, 0.15) is 25.0 Å². The smallest absolute Gasteiger partial charge is 0.160 e. The second kappa shape index (κ2) is 4.58. The van der Waals surface area contributed by atoms with Gasteiger partial charge in [0.15, 0.2) is 11.5 Å². The number of hydrogen-bond acceptors (Lipinski definition) is 3. The molecule has 1 aliphatic heterocycles. The average Bonchev–Trinajstić information content (AvgIpc) is 2.29. The molecule has 1 heterocycles. The van der Waals surface area contributed by atoms with Crippen molar-refractivity contribution in [3.63, 3.8) is 0 Å². The van der Waals surface area contributed by atoms with Crippen LogP contribution < -0.4 is 4.74 Å². The Morgan fingerprint density at radius 1 is 1.44 bits per heavy atom. The van der Waals surface area contributed by atoms with Gasteiger partial charge in [-0.05, 0) is 31.0 Å². The van der Waals surface area contributed by atoms with E-state index in [9.17, 15) is 5.11 Å². The van der Waals surface area contributed by atoms with Crippen molar-refractivity contribution < 1.29 is 14.6 Å². The Morgan fingerprint density at radius 3 is 2.94 bits per heavy atom. The van der Waals surface area contributed by atoms with E-state index in [4.69, 9.17) is 9.47 Å². The first-order valence-electron chi connectivity index (χ1n) is 5.35. The van der Waals surface area contributed by atoms with Crippen LogP contribution in [-0.2, 0) is 4.74 Å². The van der Waals surface area contributed by atoms with Gasteiger partial charge in [0, 0.05) is 0 Å². The second-order valence-electron chi connectivity index (χ2n) is 4.01. The van der Waals surface area contributed by atoms with Crippen molar-refractivity contribution >= 4 is 0 Å². The Bertz CT molecular complexity index is 410. The van der Waals surface area contributed by atoms with Crippen molar-refractivity contribution in [3.8, 4) is 11.5 Å². The summed E-state index contributed by atoms with van der Waals surface area (Å²) in [6.07, 6.45) is 3.06. The highest BCUT2D eigenvalue weighted by Crippen LogP contribution is 2.34. The number of methoxy groups -OCH3 is 1. The third-order valence-corrected chi connectivity index (χ3v) is 2.81. The quantitative estimate of drug-likeness (QED) is 0.779. The van der Waals surface area contributed by atoms with Crippen LogP contribution in [0.15, 0.2) is 29.8 Å². The van der Waals surface area contributed by atoms with E-state index in [-0.39, 0.29) is 11.9 Å². The Labute approximate surface area is 95.3 Å². The Balaban J connectivity index is 2.24. The van der Waals surface area contributed by atoms with Gasteiger partial charge in [-0.25, -0.2) is 0 Å². The Morgan fingerprint density at radius 2 is 2.25 bits per heavy atom. The summed E-state index contributed by atoms with van der Waals surface area (Å²) in [5.41, 5.74) is 2.38. The van der Waals surface area contributed by atoms with Crippen LogP contribution in [0.4, 0.5) is 0 Å². The molecule has 2 rings (SSSR count). The molecule has 86 valence electrons. The molecule has 3 nitrogen and oxygen atoms in total. The molecule has 0 aliphatic carbocycles. The van der Waals surface area contributed by atoms with E-state index in [0.717, 1.165) is 12.0 Å². The Kier molecular flexibility index (Phi) is 3.15. The fourth-order valence-electron chi connectivity index (χ4n) is 1.85. The predicted molar refractivity (Wildman–Crippen MR) is 61.7 cm³/mol. The normalized spacial score (nSPS) is 20.4. The minimum absolute atomic E-state index is 0.0690. The summed E-state index contributed by atoms with van der Waals surface area (Å²) in [6, 6.07) is 5.35. The van der Waals surface area contributed by atoms with Crippen molar-refractivity contribution in [2.45, 2.75) is 19.4 Å². The van der Waals surface area contributed by atoms with Gasteiger partial charge in [-0.3, -0.25) is 0 Å². The third kappa shape index (κ3) is 2.19. The monoisotopic (exact) mass is 220 g/mol. The summed E-state index contributed by atoms with van der Waals surface area (Å²) in [5.74, 6) is 0.655. The largest absolute Gasteiger partial charge is 0.504 e. The molecule has 0 spiro atoms. The summed E-state index contributed by atoms with van der Waals surface area (Å²) in [4.78, 5) is 0. The van der Waals surface area contributed by atoms with E-state index in [2.05, 4.69) is 13.0 Å². The number of benzene rings is 1. The molecule has 1 aromatic rings. The third-order valence-electron chi connectivity index (χ3n) is 2.81. The lowest BCUT2D eigenvalue weighted by Gasteiger charge is -2.22. The molecular weight excluding hydrogens is 204 g/mol. The van der Waals surface area contributed by atoms with Gasteiger partial charge in [0.25, 0.3) is 0 Å². The topological polar surface area (TPSA) is 38.7 Å². The van der Waals surface area contributed by atoms with Gasteiger partial charge in [0.05, 0.1) is 19.8 Å². The first-order chi connectivity index (χ1) is 7.70.